The first-order valence-corrected chi connectivity index (χ1v) is 5.61. The number of carboxylic acids is 1. The molecular weight excluding hydrogens is 214 g/mol. The van der Waals surface area contributed by atoms with Gasteiger partial charge in [-0.05, 0) is 24.4 Å². The summed E-state index contributed by atoms with van der Waals surface area (Å²) in [5, 5.41) is 10.9. The van der Waals surface area contributed by atoms with E-state index in [0.717, 1.165) is 23.0 Å². The third kappa shape index (κ3) is 1.96. The van der Waals surface area contributed by atoms with Crippen molar-refractivity contribution in [2.45, 2.75) is 6.92 Å². The number of anilines is 1. The third-order valence-electron chi connectivity index (χ3n) is 3.02. The number of nitrogens with zero attached hydrogens (tertiary/aromatic N) is 1. The molecule has 1 N–H and O–H groups in total. The van der Waals surface area contributed by atoms with Crippen molar-refractivity contribution >= 4 is 22.4 Å². The van der Waals surface area contributed by atoms with Gasteiger partial charge in [-0.25, -0.2) is 4.79 Å². The van der Waals surface area contributed by atoms with E-state index in [4.69, 9.17) is 5.11 Å². The largest absolute Gasteiger partial charge is 0.478 e. The Bertz CT molecular complexity index is 563. The maximum absolute atomic E-state index is 11.2. The summed E-state index contributed by atoms with van der Waals surface area (Å²) >= 11 is 0. The molecule has 0 saturated heterocycles. The van der Waals surface area contributed by atoms with Crippen molar-refractivity contribution in [2.24, 2.45) is 0 Å². The zero-order valence-corrected chi connectivity index (χ0v) is 9.97. The number of hydrogen-bond acceptors (Lipinski definition) is 2. The molecule has 17 heavy (non-hydrogen) atoms. The lowest BCUT2D eigenvalue weighted by Gasteiger charge is -2.19. The lowest BCUT2D eigenvalue weighted by Crippen LogP contribution is -2.16. The number of carbonyl (C=O) groups is 1. The molecule has 0 heterocycles. The van der Waals surface area contributed by atoms with Gasteiger partial charge in [0.1, 0.15) is 0 Å². The second kappa shape index (κ2) is 4.45. The SMILES string of the molecule is CCN(C)c1ccc(C(=O)O)c2ccccc12. The van der Waals surface area contributed by atoms with Crippen LogP contribution in [-0.2, 0) is 0 Å². The molecule has 0 aliphatic rings. The van der Waals surface area contributed by atoms with Gasteiger partial charge in [0, 0.05) is 24.7 Å². The normalized spacial score (nSPS) is 10.5. The van der Waals surface area contributed by atoms with Crippen LogP contribution in [0, 0.1) is 0 Å². The summed E-state index contributed by atoms with van der Waals surface area (Å²) in [6.07, 6.45) is 0. The molecule has 0 radical (unpaired) electrons. The van der Waals surface area contributed by atoms with Gasteiger partial charge in [0.2, 0.25) is 0 Å². The van der Waals surface area contributed by atoms with Crippen LogP contribution in [0.15, 0.2) is 36.4 Å². The van der Waals surface area contributed by atoms with Crippen molar-refractivity contribution in [3.8, 4) is 0 Å². The summed E-state index contributed by atoms with van der Waals surface area (Å²) in [6, 6.07) is 11.2. The number of hydrogen-bond donors (Lipinski definition) is 1. The summed E-state index contributed by atoms with van der Waals surface area (Å²) in [4.78, 5) is 13.3. The molecule has 2 aromatic carbocycles. The summed E-state index contributed by atoms with van der Waals surface area (Å²) in [5.41, 5.74) is 1.42. The topological polar surface area (TPSA) is 40.5 Å². The van der Waals surface area contributed by atoms with Gasteiger partial charge in [0.05, 0.1) is 5.56 Å². The quantitative estimate of drug-likeness (QED) is 0.879. The van der Waals surface area contributed by atoms with Gasteiger partial charge in [-0.3, -0.25) is 0 Å². The Morgan fingerprint density at radius 3 is 2.41 bits per heavy atom. The Morgan fingerprint density at radius 1 is 1.18 bits per heavy atom. The Morgan fingerprint density at radius 2 is 1.82 bits per heavy atom. The lowest BCUT2D eigenvalue weighted by atomic mass is 10.0. The molecule has 0 aliphatic heterocycles. The van der Waals surface area contributed by atoms with Crippen LogP contribution in [0.1, 0.15) is 17.3 Å². The van der Waals surface area contributed by atoms with Crippen molar-refractivity contribution in [1.82, 2.24) is 0 Å². The average Bonchev–Trinajstić information content (AvgIpc) is 2.36. The van der Waals surface area contributed by atoms with E-state index in [9.17, 15) is 4.79 Å². The van der Waals surface area contributed by atoms with Crippen LogP contribution in [0.3, 0.4) is 0 Å². The lowest BCUT2D eigenvalue weighted by molar-refractivity contribution is 0.0699. The average molecular weight is 229 g/mol. The minimum Gasteiger partial charge on any atom is -0.478 e. The minimum absolute atomic E-state index is 0.355. The van der Waals surface area contributed by atoms with Crippen LogP contribution in [0.25, 0.3) is 10.8 Å². The zero-order chi connectivity index (χ0) is 12.4. The smallest absolute Gasteiger partial charge is 0.336 e. The van der Waals surface area contributed by atoms with Gasteiger partial charge in [0.15, 0.2) is 0 Å². The number of carboxylic acid groups (broad SMARTS) is 1. The Hall–Kier alpha value is -2.03. The van der Waals surface area contributed by atoms with E-state index in [2.05, 4.69) is 11.8 Å². The number of aromatic carboxylic acids is 1. The van der Waals surface area contributed by atoms with E-state index in [0.29, 0.717) is 5.56 Å². The highest BCUT2D eigenvalue weighted by molar-refractivity contribution is 6.07. The third-order valence-corrected chi connectivity index (χ3v) is 3.02. The number of rotatable bonds is 3. The van der Waals surface area contributed by atoms with Gasteiger partial charge >= 0.3 is 5.97 Å². The molecule has 0 aliphatic carbocycles. The van der Waals surface area contributed by atoms with Crippen LogP contribution in [-0.4, -0.2) is 24.7 Å². The summed E-state index contributed by atoms with van der Waals surface area (Å²) in [5.74, 6) is -0.882. The van der Waals surface area contributed by atoms with Crippen molar-refractivity contribution in [2.75, 3.05) is 18.5 Å². The van der Waals surface area contributed by atoms with Crippen molar-refractivity contribution < 1.29 is 9.90 Å². The van der Waals surface area contributed by atoms with Crippen LogP contribution >= 0.6 is 0 Å². The molecule has 88 valence electrons. The predicted octanol–water partition coefficient (Wildman–Crippen LogP) is 2.99. The summed E-state index contributed by atoms with van der Waals surface area (Å²) in [7, 11) is 2.00. The Kier molecular flexibility index (Phi) is 3.00. The van der Waals surface area contributed by atoms with Crippen molar-refractivity contribution in [3.05, 3.63) is 42.0 Å². The van der Waals surface area contributed by atoms with Gasteiger partial charge in [0.25, 0.3) is 0 Å². The zero-order valence-electron chi connectivity index (χ0n) is 9.97. The summed E-state index contributed by atoms with van der Waals surface area (Å²) < 4.78 is 0. The van der Waals surface area contributed by atoms with Crippen LogP contribution < -0.4 is 4.90 Å². The fraction of sp³-hybridized carbons (Fsp3) is 0.214. The molecule has 3 nitrogen and oxygen atoms in total. The molecule has 2 rings (SSSR count). The molecule has 0 atom stereocenters. The standard InChI is InChI=1S/C14H15NO2/c1-3-15(2)13-9-8-12(14(16)17)10-6-4-5-7-11(10)13/h4-9H,3H2,1-2H3,(H,16,17). The van der Waals surface area contributed by atoms with E-state index in [1.54, 1.807) is 6.07 Å². The highest BCUT2D eigenvalue weighted by Gasteiger charge is 2.12. The van der Waals surface area contributed by atoms with Gasteiger partial charge in [-0.1, -0.05) is 24.3 Å². The highest BCUT2D eigenvalue weighted by atomic mass is 16.4. The first-order valence-electron chi connectivity index (χ1n) is 5.61. The molecule has 0 spiro atoms. The maximum atomic E-state index is 11.2. The first-order chi connectivity index (χ1) is 8.15. The van der Waals surface area contributed by atoms with E-state index in [-0.39, 0.29) is 0 Å². The van der Waals surface area contributed by atoms with Crippen molar-refractivity contribution in [3.63, 3.8) is 0 Å². The van der Waals surface area contributed by atoms with Crippen LogP contribution in [0.4, 0.5) is 5.69 Å². The van der Waals surface area contributed by atoms with E-state index >= 15 is 0 Å². The molecule has 0 saturated carbocycles. The van der Waals surface area contributed by atoms with E-state index in [1.807, 2.05) is 37.4 Å². The van der Waals surface area contributed by atoms with Gasteiger partial charge in [-0.2, -0.15) is 0 Å². The van der Waals surface area contributed by atoms with Gasteiger partial charge < -0.3 is 10.0 Å². The number of fused-ring (bicyclic) bond motifs is 1. The second-order valence-corrected chi connectivity index (χ2v) is 4.00. The predicted molar refractivity (Wildman–Crippen MR) is 69.9 cm³/mol. The molecule has 0 fully saturated rings. The molecule has 0 aromatic heterocycles. The Labute approximate surface area is 100 Å². The molecular formula is C14H15NO2. The second-order valence-electron chi connectivity index (χ2n) is 4.00. The van der Waals surface area contributed by atoms with E-state index in [1.165, 1.54) is 0 Å². The molecule has 2 aromatic rings. The molecule has 0 unspecified atom stereocenters. The Balaban J connectivity index is 2.75. The maximum Gasteiger partial charge on any atom is 0.336 e. The van der Waals surface area contributed by atoms with Gasteiger partial charge in [-0.15, -0.1) is 0 Å². The first kappa shape index (κ1) is 11.5. The molecule has 0 amide bonds. The fourth-order valence-corrected chi connectivity index (χ4v) is 1.97. The van der Waals surface area contributed by atoms with Crippen LogP contribution in [0.2, 0.25) is 0 Å². The number of benzene rings is 2. The van der Waals surface area contributed by atoms with Crippen LogP contribution in [0.5, 0.6) is 0 Å². The highest BCUT2D eigenvalue weighted by Crippen LogP contribution is 2.28. The monoisotopic (exact) mass is 229 g/mol. The fourth-order valence-electron chi connectivity index (χ4n) is 1.97. The summed E-state index contributed by atoms with van der Waals surface area (Å²) in [6.45, 7) is 2.95. The molecule has 0 bridgehead atoms. The minimum atomic E-state index is -0.882. The molecule has 3 heteroatoms. The van der Waals surface area contributed by atoms with E-state index < -0.39 is 5.97 Å². The van der Waals surface area contributed by atoms with Crippen molar-refractivity contribution in [1.29, 1.82) is 0 Å².